The zero-order chi connectivity index (χ0) is 11.4. The Bertz CT molecular complexity index is 328. The minimum atomic E-state index is -0.522. The zero-order valence-electron chi connectivity index (χ0n) is 9.89. The summed E-state index contributed by atoms with van der Waals surface area (Å²) >= 11 is 0. The lowest BCUT2D eigenvalue weighted by Crippen LogP contribution is -2.32. The van der Waals surface area contributed by atoms with Crippen molar-refractivity contribution in [3.05, 3.63) is 30.1 Å². The molecule has 88 valence electrons. The van der Waals surface area contributed by atoms with Crippen molar-refractivity contribution < 1.29 is 5.11 Å². The third kappa shape index (κ3) is 3.03. The highest BCUT2D eigenvalue weighted by Crippen LogP contribution is 2.25. The van der Waals surface area contributed by atoms with Crippen LogP contribution >= 0.6 is 0 Å². The molecule has 2 rings (SSSR count). The van der Waals surface area contributed by atoms with E-state index in [2.05, 4.69) is 16.9 Å². The van der Waals surface area contributed by atoms with Crippen LogP contribution in [0.1, 0.15) is 24.8 Å². The first-order valence-electron chi connectivity index (χ1n) is 5.98. The second-order valence-electron chi connectivity index (χ2n) is 4.91. The second-order valence-corrected chi connectivity index (χ2v) is 4.91. The number of rotatable bonds is 2. The molecule has 1 saturated heterocycles. The van der Waals surface area contributed by atoms with Gasteiger partial charge in [-0.1, -0.05) is 0 Å². The van der Waals surface area contributed by atoms with E-state index in [0.717, 1.165) is 38.8 Å². The monoisotopic (exact) mass is 220 g/mol. The fourth-order valence-electron chi connectivity index (χ4n) is 2.37. The largest absolute Gasteiger partial charge is 0.389 e. The Morgan fingerprint density at radius 3 is 2.81 bits per heavy atom. The van der Waals surface area contributed by atoms with Crippen LogP contribution in [0.2, 0.25) is 0 Å². The van der Waals surface area contributed by atoms with Crippen LogP contribution in [0, 0.1) is 0 Å². The van der Waals surface area contributed by atoms with Crippen molar-refractivity contribution in [2.45, 2.75) is 31.3 Å². The van der Waals surface area contributed by atoms with E-state index < -0.39 is 5.60 Å². The van der Waals surface area contributed by atoms with Gasteiger partial charge >= 0.3 is 0 Å². The molecule has 3 heteroatoms. The molecule has 1 unspecified atom stereocenters. The fraction of sp³-hybridized carbons (Fsp3) is 0.615. The van der Waals surface area contributed by atoms with E-state index in [1.807, 2.05) is 12.1 Å². The number of hydrogen-bond acceptors (Lipinski definition) is 3. The Hall–Kier alpha value is -0.930. The van der Waals surface area contributed by atoms with Crippen LogP contribution in [0.25, 0.3) is 0 Å². The molecule has 1 aliphatic rings. The Morgan fingerprint density at radius 1 is 1.31 bits per heavy atom. The van der Waals surface area contributed by atoms with Crippen LogP contribution in [0.15, 0.2) is 24.5 Å². The fourth-order valence-corrected chi connectivity index (χ4v) is 2.37. The molecular weight excluding hydrogens is 200 g/mol. The highest BCUT2D eigenvalue weighted by Gasteiger charge is 2.29. The molecule has 0 bridgehead atoms. The zero-order valence-corrected chi connectivity index (χ0v) is 9.89. The summed E-state index contributed by atoms with van der Waals surface area (Å²) < 4.78 is 0. The quantitative estimate of drug-likeness (QED) is 0.820. The van der Waals surface area contributed by atoms with Crippen molar-refractivity contribution in [3.63, 3.8) is 0 Å². The Labute approximate surface area is 97.1 Å². The molecule has 0 aliphatic carbocycles. The summed E-state index contributed by atoms with van der Waals surface area (Å²) in [4.78, 5) is 6.30. The molecule has 0 saturated carbocycles. The maximum Gasteiger partial charge on any atom is 0.0700 e. The van der Waals surface area contributed by atoms with Gasteiger partial charge in [0.05, 0.1) is 5.60 Å². The van der Waals surface area contributed by atoms with Gasteiger partial charge in [-0.3, -0.25) is 4.98 Å². The summed E-state index contributed by atoms with van der Waals surface area (Å²) in [5.74, 6) is 0. The van der Waals surface area contributed by atoms with Gasteiger partial charge in [-0.15, -0.1) is 0 Å². The first-order valence-corrected chi connectivity index (χ1v) is 5.98. The number of pyridine rings is 1. The predicted octanol–water partition coefficient (Wildman–Crippen LogP) is 1.47. The van der Waals surface area contributed by atoms with E-state index in [0.29, 0.717) is 0 Å². The Balaban J connectivity index is 2.02. The number of nitrogens with zero attached hydrogens (tertiary/aromatic N) is 2. The molecular formula is C13H20N2O. The smallest absolute Gasteiger partial charge is 0.0700 e. The lowest BCUT2D eigenvalue weighted by molar-refractivity contribution is 0.0263. The van der Waals surface area contributed by atoms with Crippen LogP contribution in [0.3, 0.4) is 0 Å². The van der Waals surface area contributed by atoms with Crippen LogP contribution in [-0.4, -0.2) is 40.7 Å². The summed E-state index contributed by atoms with van der Waals surface area (Å²) in [5.41, 5.74) is 0.661. The van der Waals surface area contributed by atoms with Crippen molar-refractivity contribution in [1.29, 1.82) is 0 Å². The standard InChI is InChI=1S/C13H20N2O/c1-15-9-2-5-13(16,6-10-15)11-12-3-7-14-8-4-12/h3-4,7-8,16H,2,5-6,9-11H2,1H3. The van der Waals surface area contributed by atoms with Crippen molar-refractivity contribution in [2.24, 2.45) is 0 Å². The average Bonchev–Trinajstić information content (AvgIpc) is 2.43. The third-order valence-corrected chi connectivity index (χ3v) is 3.42. The molecule has 1 fully saturated rings. The summed E-state index contributed by atoms with van der Waals surface area (Å²) in [6.45, 7) is 2.08. The summed E-state index contributed by atoms with van der Waals surface area (Å²) in [6.07, 6.45) is 7.19. The van der Waals surface area contributed by atoms with Gasteiger partial charge in [0, 0.05) is 25.4 Å². The summed E-state index contributed by atoms with van der Waals surface area (Å²) in [7, 11) is 2.12. The molecule has 0 aromatic carbocycles. The molecule has 0 amide bonds. The van der Waals surface area contributed by atoms with Crippen molar-refractivity contribution in [2.75, 3.05) is 20.1 Å². The maximum absolute atomic E-state index is 10.6. The van der Waals surface area contributed by atoms with Gasteiger partial charge < -0.3 is 10.0 Å². The van der Waals surface area contributed by atoms with E-state index in [1.54, 1.807) is 12.4 Å². The third-order valence-electron chi connectivity index (χ3n) is 3.42. The van der Waals surface area contributed by atoms with E-state index in [9.17, 15) is 5.11 Å². The molecule has 0 radical (unpaired) electrons. The van der Waals surface area contributed by atoms with Gasteiger partial charge in [-0.2, -0.15) is 0 Å². The molecule has 0 spiro atoms. The van der Waals surface area contributed by atoms with Crippen LogP contribution in [0.5, 0.6) is 0 Å². The van der Waals surface area contributed by atoms with Crippen molar-refractivity contribution in [3.8, 4) is 0 Å². The summed E-state index contributed by atoms with van der Waals surface area (Å²) in [6, 6.07) is 3.99. The average molecular weight is 220 g/mol. The maximum atomic E-state index is 10.6. The molecule has 1 aliphatic heterocycles. The van der Waals surface area contributed by atoms with E-state index in [-0.39, 0.29) is 0 Å². The van der Waals surface area contributed by atoms with E-state index in [1.165, 1.54) is 5.56 Å². The minimum absolute atomic E-state index is 0.522. The second kappa shape index (κ2) is 4.93. The van der Waals surface area contributed by atoms with E-state index in [4.69, 9.17) is 0 Å². The molecule has 1 aromatic rings. The van der Waals surface area contributed by atoms with Crippen LogP contribution in [0.4, 0.5) is 0 Å². The molecule has 3 nitrogen and oxygen atoms in total. The van der Waals surface area contributed by atoms with Gasteiger partial charge in [0.25, 0.3) is 0 Å². The minimum Gasteiger partial charge on any atom is -0.389 e. The Morgan fingerprint density at radius 2 is 2.06 bits per heavy atom. The SMILES string of the molecule is CN1CCCC(O)(Cc2ccncc2)CC1. The molecule has 16 heavy (non-hydrogen) atoms. The lowest BCUT2D eigenvalue weighted by atomic mass is 9.88. The van der Waals surface area contributed by atoms with Gasteiger partial charge in [0.1, 0.15) is 0 Å². The summed E-state index contributed by atoms with van der Waals surface area (Å²) in [5, 5.41) is 10.6. The van der Waals surface area contributed by atoms with Gasteiger partial charge in [-0.25, -0.2) is 0 Å². The highest BCUT2D eigenvalue weighted by atomic mass is 16.3. The highest BCUT2D eigenvalue weighted by molar-refractivity contribution is 5.13. The van der Waals surface area contributed by atoms with Gasteiger partial charge in [0.2, 0.25) is 0 Å². The first kappa shape index (κ1) is 11.6. The van der Waals surface area contributed by atoms with Crippen molar-refractivity contribution in [1.82, 2.24) is 9.88 Å². The number of aliphatic hydroxyl groups is 1. The molecule has 1 N–H and O–H groups in total. The van der Waals surface area contributed by atoms with Crippen LogP contribution < -0.4 is 0 Å². The normalized spacial score (nSPS) is 27.6. The van der Waals surface area contributed by atoms with E-state index >= 15 is 0 Å². The number of aromatic nitrogens is 1. The lowest BCUT2D eigenvalue weighted by Gasteiger charge is -2.26. The number of hydrogen-bond donors (Lipinski definition) is 1. The molecule has 1 atom stereocenters. The van der Waals surface area contributed by atoms with Gasteiger partial charge in [0.15, 0.2) is 0 Å². The predicted molar refractivity (Wildman–Crippen MR) is 64.2 cm³/mol. The number of likely N-dealkylation sites (tertiary alicyclic amines) is 1. The Kier molecular flexibility index (Phi) is 3.56. The molecule has 2 heterocycles. The van der Waals surface area contributed by atoms with Crippen LogP contribution in [-0.2, 0) is 6.42 Å². The molecule has 1 aromatic heterocycles. The first-order chi connectivity index (χ1) is 7.68. The van der Waals surface area contributed by atoms with Crippen molar-refractivity contribution >= 4 is 0 Å². The topological polar surface area (TPSA) is 36.4 Å². The van der Waals surface area contributed by atoms with Gasteiger partial charge in [-0.05, 0) is 50.6 Å².